The molecule has 0 bridgehead atoms. The van der Waals surface area contributed by atoms with Crippen LogP contribution in [-0.2, 0) is 60.2 Å². The van der Waals surface area contributed by atoms with Gasteiger partial charge in [0.15, 0.2) is 0 Å². The minimum atomic E-state index is 0.0877. The Labute approximate surface area is 853 Å². The van der Waals surface area contributed by atoms with E-state index in [2.05, 4.69) is 423 Å². The van der Waals surface area contributed by atoms with Crippen molar-refractivity contribution in [3.63, 3.8) is 0 Å². The van der Waals surface area contributed by atoms with E-state index in [4.69, 9.17) is 0 Å². The molecule has 740 valence electrons. The lowest BCUT2D eigenvalue weighted by Gasteiger charge is -2.21. The molecule has 0 aliphatic heterocycles. The molecule has 0 fully saturated rings. The molecule has 0 aromatic heterocycles. The molecule has 0 radical (unpaired) electrons. The maximum atomic E-state index is 2.54. The molecule has 140 heavy (non-hydrogen) atoms. The van der Waals surface area contributed by atoms with Gasteiger partial charge in [0.2, 0.25) is 0 Å². The molecular formula is C140H180. The Morgan fingerprint density at radius 2 is 0.450 bits per heavy atom. The summed E-state index contributed by atoms with van der Waals surface area (Å²) in [7, 11) is 0. The summed E-state index contributed by atoms with van der Waals surface area (Å²) >= 11 is 0. The number of hydrogen-bond donors (Lipinski definition) is 0. The van der Waals surface area contributed by atoms with Gasteiger partial charge in [-0.05, 0) is 375 Å². The van der Waals surface area contributed by atoms with Crippen LogP contribution in [0.1, 0.15) is 382 Å². The van der Waals surface area contributed by atoms with E-state index in [1.807, 2.05) is 0 Å². The molecule has 14 rings (SSSR count). The van der Waals surface area contributed by atoms with Crippen molar-refractivity contribution in [2.45, 2.75) is 394 Å². The third-order valence-corrected chi connectivity index (χ3v) is 30.4. The maximum Gasteiger partial charge on any atom is -0.00757 e. The Balaban J connectivity index is 0.000000203. The van der Waals surface area contributed by atoms with Gasteiger partial charge in [-0.25, -0.2) is 0 Å². The largest absolute Gasteiger partial charge is 0.0654 e. The molecule has 0 amide bonds. The van der Waals surface area contributed by atoms with Crippen LogP contribution >= 0.6 is 0 Å². The number of aryl methyl sites for hydroxylation is 10. The van der Waals surface area contributed by atoms with Crippen molar-refractivity contribution in [1.82, 2.24) is 0 Å². The molecule has 0 aliphatic carbocycles. The van der Waals surface area contributed by atoms with Gasteiger partial charge in [-0.3, -0.25) is 0 Å². The van der Waals surface area contributed by atoms with Crippen LogP contribution in [-0.4, -0.2) is 0 Å². The standard InChI is InChI=1S/C64H68.C48H68.C28H44/c1-41-31-57(51-37-47(43-15-23-53(24-16-43)61(3,4)5)35-48(38-51)44-17-25-54(26-18-44)62(6,7)8)60-34-42(2)32-58(59(60)33-41)52-39-49(45-19-27-55(28-20-45)63(9,10)11)36-50(40-52)46-21-29-56(30-22-46)64(12,13)14;1-7-11-15-19-23-39-31-40(24-20-16-12-8-2)34-43(33-39)47-37(5)27-30-46-45(47)29-28-38(6)48(46)44-35-41(25-21-17-13-9-3)32-42(36-44)26-22-18-14-10-4;1-7-11-13-23(9-3)19-25-15-21(5)18-28-26(16-22(6)17-27(25)28)20-24(10-4)14-12-8-2/h15-40H,1-14H3;27-36H,7-26H2,1-6H3;15-18,23-24H,7-14,19-20H2,1-6H3. The first-order valence-corrected chi connectivity index (χ1v) is 55.6. The summed E-state index contributed by atoms with van der Waals surface area (Å²) in [5.41, 5.74) is 43.6. The third kappa shape index (κ3) is 29.6. The van der Waals surface area contributed by atoms with Crippen LogP contribution in [0.5, 0.6) is 0 Å². The van der Waals surface area contributed by atoms with Crippen LogP contribution in [0.15, 0.2) is 243 Å². The zero-order valence-electron chi connectivity index (χ0n) is 92.5. The average molecular weight is 1860 g/mol. The molecule has 14 aromatic carbocycles. The second-order valence-electron chi connectivity index (χ2n) is 46.7. The molecular weight excluding hydrogens is 1680 g/mol. The van der Waals surface area contributed by atoms with Gasteiger partial charge in [-0.2, -0.15) is 0 Å². The molecule has 0 aliphatic rings. The van der Waals surface area contributed by atoms with Crippen LogP contribution in [0.3, 0.4) is 0 Å². The van der Waals surface area contributed by atoms with E-state index in [-0.39, 0.29) is 21.7 Å². The van der Waals surface area contributed by atoms with Crippen molar-refractivity contribution < 1.29 is 0 Å². The third-order valence-electron chi connectivity index (χ3n) is 30.4. The Kier molecular flexibility index (Phi) is 39.3. The lowest BCUT2D eigenvalue weighted by molar-refractivity contribution is 0.449. The molecule has 0 heterocycles. The number of unbranched alkanes of at least 4 members (excludes halogenated alkanes) is 14. The number of hydrogen-bond acceptors (Lipinski definition) is 0. The van der Waals surface area contributed by atoms with E-state index in [1.54, 1.807) is 11.1 Å². The number of rotatable bonds is 40. The van der Waals surface area contributed by atoms with E-state index < -0.39 is 0 Å². The Hall–Kier alpha value is -10.1. The Bertz CT molecular complexity index is 5730. The predicted molar refractivity (Wildman–Crippen MR) is 624 cm³/mol. The van der Waals surface area contributed by atoms with Gasteiger partial charge in [-0.1, -0.05) is 484 Å². The maximum absolute atomic E-state index is 2.54. The lowest BCUT2D eigenvalue weighted by atomic mass is 9.84. The van der Waals surface area contributed by atoms with Crippen molar-refractivity contribution in [3.8, 4) is 89.0 Å². The van der Waals surface area contributed by atoms with E-state index in [0.29, 0.717) is 0 Å². The zero-order valence-corrected chi connectivity index (χ0v) is 92.5. The SMILES string of the molecule is CCCCC(CC)Cc1cc(C)cc2c(CC(CC)CCCC)cc(C)cc12.CCCCCCc1cc(CCCCCC)cc(-c2c(C)ccc3c(-c4cc(CCCCCC)cc(CCCCCC)c4)c(C)ccc23)c1.Cc1cc(-c2cc(-c3ccc(C(C)(C)C)cc3)cc(-c3ccc(C(C)(C)C)cc3)c2)c2cc(C)cc(-c3cc(-c4ccc(C(C)(C)C)cc4)cc(-c4ccc(C(C)(C)C)cc4)c3)c2c1. The molecule has 2 unspecified atom stereocenters. The molecule has 14 aromatic rings. The molecule has 2 atom stereocenters. The minimum Gasteiger partial charge on any atom is -0.0654 e. The van der Waals surface area contributed by atoms with Crippen LogP contribution in [0.2, 0.25) is 0 Å². The van der Waals surface area contributed by atoms with E-state index in [1.165, 1.54) is 392 Å². The predicted octanol–water partition coefficient (Wildman–Crippen LogP) is 42.9. The molecule has 0 heteroatoms. The Morgan fingerprint density at radius 1 is 0.200 bits per heavy atom. The average Bonchev–Trinajstić information content (AvgIpc) is 0.752. The highest BCUT2D eigenvalue weighted by molar-refractivity contribution is 6.08. The molecule has 0 N–H and O–H groups in total. The second kappa shape index (κ2) is 50.7. The van der Waals surface area contributed by atoms with Crippen molar-refractivity contribution in [2.75, 3.05) is 0 Å². The fourth-order valence-electron chi connectivity index (χ4n) is 21.7. The first-order valence-electron chi connectivity index (χ1n) is 55.6. The Morgan fingerprint density at radius 3 is 0.700 bits per heavy atom. The van der Waals surface area contributed by atoms with Gasteiger partial charge in [0, 0.05) is 0 Å². The molecule has 0 saturated carbocycles. The van der Waals surface area contributed by atoms with Gasteiger partial charge < -0.3 is 0 Å². The van der Waals surface area contributed by atoms with Crippen LogP contribution < -0.4 is 0 Å². The van der Waals surface area contributed by atoms with Gasteiger partial charge in [0.1, 0.15) is 0 Å². The van der Waals surface area contributed by atoms with Crippen molar-refractivity contribution in [2.24, 2.45) is 11.8 Å². The fraction of sp³-hybridized carbons (Fsp3) is 0.443. The van der Waals surface area contributed by atoms with Gasteiger partial charge in [-0.15, -0.1) is 0 Å². The molecule has 0 spiro atoms. The van der Waals surface area contributed by atoms with Crippen LogP contribution in [0.25, 0.3) is 121 Å². The van der Waals surface area contributed by atoms with Gasteiger partial charge >= 0.3 is 0 Å². The number of fused-ring (bicyclic) bond motifs is 3. The van der Waals surface area contributed by atoms with E-state index >= 15 is 0 Å². The van der Waals surface area contributed by atoms with Crippen molar-refractivity contribution in [1.29, 1.82) is 0 Å². The monoisotopic (exact) mass is 1860 g/mol. The summed E-state index contributed by atoms with van der Waals surface area (Å²) < 4.78 is 0. The summed E-state index contributed by atoms with van der Waals surface area (Å²) in [5, 5.41) is 8.42. The normalized spacial score (nSPS) is 12.4. The molecule has 0 saturated heterocycles. The van der Waals surface area contributed by atoms with Crippen molar-refractivity contribution >= 4 is 32.3 Å². The topological polar surface area (TPSA) is 0 Å². The lowest BCUT2D eigenvalue weighted by Crippen LogP contribution is -2.10. The summed E-state index contributed by atoms with van der Waals surface area (Å²) in [6.45, 7) is 59.8. The first-order chi connectivity index (χ1) is 67.0. The van der Waals surface area contributed by atoms with Gasteiger partial charge in [0.05, 0.1) is 0 Å². The molecule has 0 nitrogen and oxygen atoms in total. The highest BCUT2D eigenvalue weighted by Crippen LogP contribution is 2.47. The first kappa shape index (κ1) is 109. The highest BCUT2D eigenvalue weighted by Gasteiger charge is 2.25. The smallest absolute Gasteiger partial charge is 0.00757 e. The highest BCUT2D eigenvalue weighted by atomic mass is 14.3. The zero-order chi connectivity index (χ0) is 101. The summed E-state index contributed by atoms with van der Waals surface area (Å²) in [6, 6.07) is 95.6. The van der Waals surface area contributed by atoms with E-state index in [0.717, 1.165) is 11.8 Å². The fourth-order valence-corrected chi connectivity index (χ4v) is 21.7. The quantitative estimate of drug-likeness (QED) is 0.0336. The second-order valence-corrected chi connectivity index (χ2v) is 46.7. The summed E-state index contributed by atoms with van der Waals surface area (Å²) in [5.74, 6) is 1.64. The van der Waals surface area contributed by atoms with E-state index in [9.17, 15) is 0 Å². The van der Waals surface area contributed by atoms with Crippen LogP contribution in [0.4, 0.5) is 0 Å². The van der Waals surface area contributed by atoms with Gasteiger partial charge in [0.25, 0.3) is 0 Å². The summed E-state index contributed by atoms with van der Waals surface area (Å²) in [4.78, 5) is 0. The summed E-state index contributed by atoms with van der Waals surface area (Å²) in [6.07, 6.45) is 39.0. The number of benzene rings is 14. The van der Waals surface area contributed by atoms with Crippen molar-refractivity contribution in [3.05, 3.63) is 332 Å². The van der Waals surface area contributed by atoms with Crippen LogP contribution in [0, 0.1) is 53.4 Å². The minimum absolute atomic E-state index is 0.0877.